The minimum absolute atomic E-state index is 0.0639. The Morgan fingerprint density at radius 2 is 2.17 bits per heavy atom. The number of H-pyrrole nitrogens is 1. The normalized spacial score (nSPS) is 24.1. The highest BCUT2D eigenvalue weighted by atomic mass is 14.8. The minimum Gasteiger partial charge on any atom is -0.364 e. The summed E-state index contributed by atoms with van der Waals surface area (Å²) in [7, 11) is 0. The van der Waals surface area contributed by atoms with Gasteiger partial charge < -0.3 is 10.7 Å². The Bertz CT molecular complexity index is 321. The Kier molecular flexibility index (Phi) is 1.09. The molecule has 0 aliphatic heterocycles. The average molecular weight is 162 g/mol. The molecular weight excluding hydrogens is 148 g/mol. The predicted molar refractivity (Wildman–Crippen MR) is 47.9 cm³/mol. The number of aromatic nitrogens is 1. The number of rotatable bonds is 1. The number of nitrogens with two attached hydrogens (primary N) is 1. The van der Waals surface area contributed by atoms with Crippen LogP contribution in [-0.2, 0) is 18.4 Å². The van der Waals surface area contributed by atoms with E-state index in [1.807, 2.05) is 0 Å². The topological polar surface area (TPSA) is 41.8 Å². The van der Waals surface area contributed by atoms with Crippen molar-refractivity contribution in [2.75, 3.05) is 0 Å². The Balaban J connectivity index is 2.11. The maximum absolute atomic E-state index is 6.17. The number of hydrogen-bond acceptors (Lipinski definition) is 1. The summed E-state index contributed by atoms with van der Waals surface area (Å²) >= 11 is 0. The number of hydrogen-bond donors (Lipinski definition) is 2. The Hall–Kier alpha value is -0.760. The number of fused-ring (bicyclic) bond motifs is 1. The van der Waals surface area contributed by atoms with Gasteiger partial charge in [0.1, 0.15) is 0 Å². The summed E-state index contributed by atoms with van der Waals surface area (Å²) in [6.45, 7) is 0. The standard InChI is InChI=1S/C10H14N2/c11-10(4-5-10)8-6-12-9-3-1-2-7(8)9/h6,12H,1-5,11H2. The molecule has 0 spiro atoms. The zero-order valence-electron chi connectivity index (χ0n) is 7.19. The van der Waals surface area contributed by atoms with Gasteiger partial charge in [0.25, 0.3) is 0 Å². The molecule has 0 aromatic carbocycles. The molecule has 0 radical (unpaired) electrons. The van der Waals surface area contributed by atoms with Crippen molar-refractivity contribution in [3.8, 4) is 0 Å². The lowest BCUT2D eigenvalue weighted by atomic mass is 10.0. The summed E-state index contributed by atoms with van der Waals surface area (Å²) in [4.78, 5) is 3.35. The van der Waals surface area contributed by atoms with E-state index in [-0.39, 0.29) is 5.54 Å². The first-order valence-electron chi connectivity index (χ1n) is 4.78. The van der Waals surface area contributed by atoms with Crippen LogP contribution in [-0.4, -0.2) is 4.98 Å². The highest BCUT2D eigenvalue weighted by molar-refractivity contribution is 5.41. The molecule has 1 aromatic heterocycles. The van der Waals surface area contributed by atoms with E-state index in [0.717, 1.165) is 0 Å². The summed E-state index contributed by atoms with van der Waals surface area (Å²) in [6, 6.07) is 0. The summed E-state index contributed by atoms with van der Waals surface area (Å²) in [5.41, 5.74) is 10.6. The van der Waals surface area contributed by atoms with Crippen LogP contribution in [0.15, 0.2) is 6.20 Å². The van der Waals surface area contributed by atoms with Crippen LogP contribution in [0.1, 0.15) is 36.1 Å². The van der Waals surface area contributed by atoms with Crippen molar-refractivity contribution in [1.82, 2.24) is 4.98 Å². The summed E-state index contributed by atoms with van der Waals surface area (Å²) in [5, 5.41) is 0. The second-order valence-electron chi connectivity index (χ2n) is 4.17. The van der Waals surface area contributed by atoms with Gasteiger partial charge in [-0.05, 0) is 43.2 Å². The average Bonchev–Trinajstić information content (AvgIpc) is 2.48. The molecule has 1 saturated carbocycles. The van der Waals surface area contributed by atoms with Crippen molar-refractivity contribution in [2.24, 2.45) is 5.73 Å². The van der Waals surface area contributed by atoms with E-state index in [1.54, 1.807) is 0 Å². The first-order chi connectivity index (χ1) is 5.80. The van der Waals surface area contributed by atoms with Crippen LogP contribution >= 0.6 is 0 Å². The van der Waals surface area contributed by atoms with E-state index >= 15 is 0 Å². The quantitative estimate of drug-likeness (QED) is 0.644. The van der Waals surface area contributed by atoms with Crippen LogP contribution in [0.25, 0.3) is 0 Å². The fourth-order valence-corrected chi connectivity index (χ4v) is 2.29. The Morgan fingerprint density at radius 3 is 2.92 bits per heavy atom. The monoisotopic (exact) mass is 162 g/mol. The van der Waals surface area contributed by atoms with Crippen LogP contribution in [0.3, 0.4) is 0 Å². The zero-order valence-corrected chi connectivity index (χ0v) is 7.19. The van der Waals surface area contributed by atoms with E-state index in [0.29, 0.717) is 0 Å². The van der Waals surface area contributed by atoms with Crippen LogP contribution in [0.4, 0.5) is 0 Å². The van der Waals surface area contributed by atoms with Gasteiger partial charge >= 0.3 is 0 Å². The third kappa shape index (κ3) is 0.734. The third-order valence-electron chi connectivity index (χ3n) is 3.26. The maximum atomic E-state index is 6.17. The second kappa shape index (κ2) is 1.94. The van der Waals surface area contributed by atoms with E-state index in [4.69, 9.17) is 5.73 Å². The molecule has 64 valence electrons. The molecule has 1 heterocycles. The van der Waals surface area contributed by atoms with Gasteiger partial charge in [0.15, 0.2) is 0 Å². The molecule has 0 saturated heterocycles. The van der Waals surface area contributed by atoms with Crippen LogP contribution in [0, 0.1) is 0 Å². The fraction of sp³-hybridized carbons (Fsp3) is 0.600. The molecule has 3 rings (SSSR count). The molecule has 0 unspecified atom stereocenters. The Morgan fingerprint density at radius 1 is 1.33 bits per heavy atom. The largest absolute Gasteiger partial charge is 0.364 e. The van der Waals surface area contributed by atoms with Gasteiger partial charge in [0.05, 0.1) is 0 Å². The van der Waals surface area contributed by atoms with E-state index in [9.17, 15) is 0 Å². The molecule has 0 amide bonds. The van der Waals surface area contributed by atoms with Crippen molar-refractivity contribution in [3.05, 3.63) is 23.0 Å². The van der Waals surface area contributed by atoms with Crippen molar-refractivity contribution in [1.29, 1.82) is 0 Å². The molecular formula is C10H14N2. The molecule has 12 heavy (non-hydrogen) atoms. The van der Waals surface area contributed by atoms with Crippen molar-refractivity contribution >= 4 is 0 Å². The van der Waals surface area contributed by atoms with Crippen molar-refractivity contribution in [2.45, 2.75) is 37.6 Å². The third-order valence-corrected chi connectivity index (χ3v) is 3.26. The summed E-state index contributed by atoms with van der Waals surface area (Å²) < 4.78 is 0. The first kappa shape index (κ1) is 6.72. The predicted octanol–water partition coefficient (Wildman–Crippen LogP) is 1.45. The second-order valence-corrected chi connectivity index (χ2v) is 4.17. The fourth-order valence-electron chi connectivity index (χ4n) is 2.29. The molecule has 1 aromatic rings. The molecule has 0 bridgehead atoms. The summed E-state index contributed by atoms with van der Waals surface area (Å²) in [5.74, 6) is 0. The van der Waals surface area contributed by atoms with Gasteiger partial charge in [-0.3, -0.25) is 0 Å². The number of aryl methyl sites for hydroxylation is 1. The zero-order chi connectivity index (χ0) is 8.18. The lowest BCUT2D eigenvalue weighted by Gasteiger charge is -2.07. The van der Waals surface area contributed by atoms with Gasteiger partial charge in [0, 0.05) is 17.4 Å². The van der Waals surface area contributed by atoms with E-state index < -0.39 is 0 Å². The van der Waals surface area contributed by atoms with Crippen LogP contribution in [0.2, 0.25) is 0 Å². The van der Waals surface area contributed by atoms with E-state index in [2.05, 4.69) is 11.2 Å². The van der Waals surface area contributed by atoms with Crippen LogP contribution < -0.4 is 5.73 Å². The van der Waals surface area contributed by atoms with Crippen molar-refractivity contribution in [3.63, 3.8) is 0 Å². The molecule has 2 nitrogen and oxygen atoms in total. The molecule has 0 atom stereocenters. The lowest BCUT2D eigenvalue weighted by Crippen LogP contribution is -2.19. The minimum atomic E-state index is 0.0639. The lowest BCUT2D eigenvalue weighted by molar-refractivity contribution is 0.727. The highest BCUT2D eigenvalue weighted by Gasteiger charge is 2.43. The van der Waals surface area contributed by atoms with E-state index in [1.165, 1.54) is 48.9 Å². The summed E-state index contributed by atoms with van der Waals surface area (Å²) in [6.07, 6.45) is 8.27. The van der Waals surface area contributed by atoms with Gasteiger partial charge in [0.2, 0.25) is 0 Å². The molecule has 2 aliphatic rings. The van der Waals surface area contributed by atoms with Crippen molar-refractivity contribution < 1.29 is 0 Å². The molecule has 2 aliphatic carbocycles. The van der Waals surface area contributed by atoms with Gasteiger partial charge in [-0.25, -0.2) is 0 Å². The van der Waals surface area contributed by atoms with Gasteiger partial charge in [-0.1, -0.05) is 0 Å². The number of nitrogens with one attached hydrogen (secondary N) is 1. The smallest absolute Gasteiger partial charge is 0.0429 e. The SMILES string of the molecule is NC1(c2c[nH]c3c2CCC3)CC1. The highest BCUT2D eigenvalue weighted by Crippen LogP contribution is 2.46. The number of aromatic amines is 1. The van der Waals surface area contributed by atoms with Gasteiger partial charge in [-0.2, -0.15) is 0 Å². The first-order valence-corrected chi connectivity index (χ1v) is 4.78. The molecule has 1 fully saturated rings. The maximum Gasteiger partial charge on any atom is 0.0429 e. The molecule has 2 heteroatoms. The Labute approximate surface area is 72.2 Å². The van der Waals surface area contributed by atoms with Crippen LogP contribution in [0.5, 0.6) is 0 Å². The molecule has 3 N–H and O–H groups in total. The van der Waals surface area contributed by atoms with Gasteiger partial charge in [-0.15, -0.1) is 0 Å².